The van der Waals surface area contributed by atoms with Gasteiger partial charge in [-0.1, -0.05) is 12.1 Å². The molecule has 0 bridgehead atoms. The van der Waals surface area contributed by atoms with Gasteiger partial charge in [-0.05, 0) is 48.5 Å². The Bertz CT molecular complexity index is 1300. The highest BCUT2D eigenvalue weighted by Gasteiger charge is 2.35. The SMILES string of the molecule is O=C(Nc1nc(-c2cccc(C(F)(F)F)c2F)cs1)c1ccc(N=Nc2ccccn2)cc1. The Labute approximate surface area is 188 Å². The Balaban J connectivity index is 1.46. The molecule has 0 spiro atoms. The van der Waals surface area contributed by atoms with E-state index in [1.165, 1.54) is 23.6 Å². The lowest BCUT2D eigenvalue weighted by atomic mass is 10.1. The maximum Gasteiger partial charge on any atom is 0.419 e. The summed E-state index contributed by atoms with van der Waals surface area (Å²) < 4.78 is 53.2. The van der Waals surface area contributed by atoms with Gasteiger partial charge >= 0.3 is 6.18 Å². The number of hydrogen-bond donors (Lipinski definition) is 1. The van der Waals surface area contributed by atoms with Crippen LogP contribution in [0.2, 0.25) is 0 Å². The van der Waals surface area contributed by atoms with Crippen LogP contribution in [-0.4, -0.2) is 15.9 Å². The molecular weight excluding hydrogens is 458 g/mol. The topological polar surface area (TPSA) is 79.6 Å². The van der Waals surface area contributed by atoms with Crippen molar-refractivity contribution in [1.82, 2.24) is 9.97 Å². The third-order valence-electron chi connectivity index (χ3n) is 4.35. The summed E-state index contributed by atoms with van der Waals surface area (Å²) in [6.07, 6.45) is -3.23. The van der Waals surface area contributed by atoms with E-state index < -0.39 is 23.5 Å². The zero-order valence-corrected chi connectivity index (χ0v) is 17.4. The van der Waals surface area contributed by atoms with Crippen LogP contribution >= 0.6 is 11.3 Å². The molecule has 2 aromatic heterocycles. The summed E-state index contributed by atoms with van der Waals surface area (Å²) in [4.78, 5) is 20.5. The van der Waals surface area contributed by atoms with Gasteiger partial charge in [0.25, 0.3) is 5.91 Å². The average Bonchev–Trinajstić information content (AvgIpc) is 3.26. The van der Waals surface area contributed by atoms with Crippen LogP contribution in [-0.2, 0) is 6.18 Å². The van der Waals surface area contributed by atoms with Crippen LogP contribution in [0.3, 0.4) is 0 Å². The molecular formula is C22H13F4N5OS. The number of aromatic nitrogens is 2. The fourth-order valence-electron chi connectivity index (χ4n) is 2.77. The first-order valence-electron chi connectivity index (χ1n) is 9.37. The van der Waals surface area contributed by atoms with E-state index >= 15 is 0 Å². The van der Waals surface area contributed by atoms with Gasteiger partial charge in [0.15, 0.2) is 10.9 Å². The van der Waals surface area contributed by atoms with Gasteiger partial charge in [-0.25, -0.2) is 14.4 Å². The van der Waals surface area contributed by atoms with Gasteiger partial charge in [-0.3, -0.25) is 10.1 Å². The van der Waals surface area contributed by atoms with Gasteiger partial charge in [0.05, 0.1) is 16.9 Å². The molecule has 0 unspecified atom stereocenters. The number of nitrogens with one attached hydrogen (secondary N) is 1. The standard InChI is InChI=1S/C22H13F4N5OS/c23-19-15(4-3-5-16(19)22(24,25)26)17-12-33-21(28-17)29-20(32)13-7-9-14(10-8-13)30-31-18-6-1-2-11-27-18/h1-12H,(H,28,29,32). The fraction of sp³-hybridized carbons (Fsp3) is 0.0455. The first-order valence-corrected chi connectivity index (χ1v) is 10.2. The number of nitrogens with zero attached hydrogens (tertiary/aromatic N) is 4. The predicted molar refractivity (Wildman–Crippen MR) is 115 cm³/mol. The smallest absolute Gasteiger partial charge is 0.298 e. The number of thiazole rings is 1. The average molecular weight is 471 g/mol. The van der Waals surface area contributed by atoms with Crippen molar-refractivity contribution in [2.45, 2.75) is 6.18 Å². The second-order valence-corrected chi connectivity index (χ2v) is 7.45. The number of amides is 1. The number of carbonyl (C=O) groups excluding carboxylic acids is 1. The molecule has 1 N–H and O–H groups in total. The summed E-state index contributed by atoms with van der Waals surface area (Å²) in [5.74, 6) is -1.46. The normalized spacial score (nSPS) is 11.6. The summed E-state index contributed by atoms with van der Waals surface area (Å²) >= 11 is 0.967. The van der Waals surface area contributed by atoms with E-state index in [1.54, 1.807) is 36.5 Å². The highest BCUT2D eigenvalue weighted by Crippen LogP contribution is 2.36. The van der Waals surface area contributed by atoms with Crippen LogP contribution in [0.15, 0.2) is 82.5 Å². The molecule has 0 aliphatic carbocycles. The van der Waals surface area contributed by atoms with E-state index in [0.717, 1.165) is 17.4 Å². The van der Waals surface area contributed by atoms with Crippen LogP contribution < -0.4 is 5.32 Å². The number of azo groups is 1. The second kappa shape index (κ2) is 9.25. The summed E-state index contributed by atoms with van der Waals surface area (Å²) in [5.41, 5.74) is -0.880. The lowest BCUT2D eigenvalue weighted by molar-refractivity contribution is -0.139. The summed E-state index contributed by atoms with van der Waals surface area (Å²) in [6.45, 7) is 0. The molecule has 11 heteroatoms. The first-order chi connectivity index (χ1) is 15.8. The molecule has 0 aliphatic rings. The Morgan fingerprint density at radius 1 is 0.970 bits per heavy atom. The minimum atomic E-state index is -4.82. The number of pyridine rings is 1. The highest BCUT2D eigenvalue weighted by molar-refractivity contribution is 7.14. The van der Waals surface area contributed by atoms with Crippen LogP contribution in [0.4, 0.5) is 34.2 Å². The van der Waals surface area contributed by atoms with Crippen LogP contribution in [0.5, 0.6) is 0 Å². The second-order valence-electron chi connectivity index (χ2n) is 6.59. The van der Waals surface area contributed by atoms with Crippen LogP contribution in [0.25, 0.3) is 11.3 Å². The molecule has 0 radical (unpaired) electrons. The van der Waals surface area contributed by atoms with Crippen LogP contribution in [0.1, 0.15) is 15.9 Å². The molecule has 4 aromatic rings. The van der Waals surface area contributed by atoms with E-state index in [0.29, 0.717) is 23.1 Å². The largest absolute Gasteiger partial charge is 0.419 e. The van der Waals surface area contributed by atoms with Gasteiger partial charge in [0.1, 0.15) is 5.82 Å². The maximum atomic E-state index is 14.3. The van der Waals surface area contributed by atoms with Crippen molar-refractivity contribution in [2.24, 2.45) is 10.2 Å². The predicted octanol–water partition coefficient (Wildman–Crippen LogP) is 7.03. The maximum absolute atomic E-state index is 14.3. The van der Waals surface area contributed by atoms with Crippen molar-refractivity contribution in [3.05, 3.63) is 89.2 Å². The van der Waals surface area contributed by atoms with E-state index in [-0.39, 0.29) is 16.4 Å². The molecule has 0 saturated heterocycles. The first kappa shape index (κ1) is 22.2. The highest BCUT2D eigenvalue weighted by atomic mass is 32.1. The van der Waals surface area contributed by atoms with Crippen molar-refractivity contribution in [1.29, 1.82) is 0 Å². The molecule has 0 fully saturated rings. The monoisotopic (exact) mass is 471 g/mol. The van der Waals surface area contributed by atoms with Gasteiger partial charge < -0.3 is 0 Å². The minimum absolute atomic E-state index is 0.0100. The van der Waals surface area contributed by atoms with Crippen molar-refractivity contribution < 1.29 is 22.4 Å². The van der Waals surface area contributed by atoms with Gasteiger partial charge in [-0.2, -0.15) is 13.2 Å². The van der Waals surface area contributed by atoms with E-state index in [2.05, 4.69) is 25.5 Å². The Morgan fingerprint density at radius 2 is 1.76 bits per heavy atom. The summed E-state index contributed by atoms with van der Waals surface area (Å²) in [6, 6.07) is 14.4. The number of benzene rings is 2. The lowest BCUT2D eigenvalue weighted by Crippen LogP contribution is -2.11. The van der Waals surface area contributed by atoms with Crippen molar-refractivity contribution >= 4 is 33.9 Å². The Morgan fingerprint density at radius 3 is 2.45 bits per heavy atom. The molecule has 33 heavy (non-hydrogen) atoms. The number of halogens is 4. The molecule has 4 rings (SSSR count). The number of alkyl halides is 3. The van der Waals surface area contributed by atoms with Crippen molar-refractivity contribution in [2.75, 3.05) is 5.32 Å². The van der Waals surface area contributed by atoms with E-state index in [1.807, 2.05) is 0 Å². The number of hydrogen-bond acceptors (Lipinski definition) is 6. The molecule has 166 valence electrons. The number of rotatable bonds is 5. The Kier molecular flexibility index (Phi) is 6.22. The third kappa shape index (κ3) is 5.26. The van der Waals surface area contributed by atoms with Crippen molar-refractivity contribution in [3.63, 3.8) is 0 Å². The Hall–Kier alpha value is -3.99. The summed E-state index contributed by atoms with van der Waals surface area (Å²) in [7, 11) is 0. The molecule has 0 aliphatic heterocycles. The molecule has 0 atom stereocenters. The van der Waals surface area contributed by atoms with Gasteiger partial charge in [0.2, 0.25) is 0 Å². The minimum Gasteiger partial charge on any atom is -0.298 e. The molecule has 6 nitrogen and oxygen atoms in total. The molecule has 2 heterocycles. The van der Waals surface area contributed by atoms with E-state index in [4.69, 9.17) is 0 Å². The van der Waals surface area contributed by atoms with Crippen molar-refractivity contribution in [3.8, 4) is 11.3 Å². The molecule has 0 saturated carbocycles. The quantitative estimate of drug-likeness (QED) is 0.251. The third-order valence-corrected chi connectivity index (χ3v) is 5.11. The zero-order valence-electron chi connectivity index (χ0n) is 16.5. The summed E-state index contributed by atoms with van der Waals surface area (Å²) in [5, 5.41) is 12.1. The zero-order chi connectivity index (χ0) is 23.4. The fourth-order valence-corrected chi connectivity index (χ4v) is 3.48. The number of carbonyl (C=O) groups is 1. The van der Waals surface area contributed by atoms with Crippen LogP contribution in [0, 0.1) is 5.82 Å². The van der Waals surface area contributed by atoms with Gasteiger partial charge in [0, 0.05) is 22.7 Å². The van der Waals surface area contributed by atoms with Gasteiger partial charge in [-0.15, -0.1) is 21.6 Å². The molecule has 2 aromatic carbocycles. The van der Waals surface area contributed by atoms with E-state index in [9.17, 15) is 22.4 Å². The lowest BCUT2D eigenvalue weighted by Gasteiger charge is -2.09. The molecule has 1 amide bonds. The number of anilines is 1.